The zero-order valence-electron chi connectivity index (χ0n) is 19.7. The number of aliphatic hydroxyl groups excluding tert-OH is 1. The molecule has 182 valence electrons. The highest BCUT2D eigenvalue weighted by Gasteiger charge is 2.71. The van der Waals surface area contributed by atoms with Gasteiger partial charge in [-0.1, -0.05) is 37.1 Å². The van der Waals surface area contributed by atoms with Gasteiger partial charge in [-0.05, 0) is 39.5 Å². The average molecular weight is 461 g/mol. The van der Waals surface area contributed by atoms with Crippen LogP contribution in [0.4, 0.5) is 0 Å². The number of ether oxygens (including phenoxy) is 2. The molecule has 0 saturated carbocycles. The van der Waals surface area contributed by atoms with E-state index in [1.165, 1.54) is 0 Å². The van der Waals surface area contributed by atoms with E-state index in [0.29, 0.717) is 19.7 Å². The lowest BCUT2D eigenvalue weighted by molar-refractivity contribution is -0.155. The molecule has 0 aromatic heterocycles. The molecule has 4 aliphatic heterocycles. The summed E-state index contributed by atoms with van der Waals surface area (Å²) < 4.78 is 12.1. The topological polar surface area (TPSA) is 96.4 Å². The lowest BCUT2D eigenvalue weighted by Crippen LogP contribution is -2.56. The van der Waals surface area contributed by atoms with Crippen LogP contribution < -0.4 is 0 Å². The highest BCUT2D eigenvalue weighted by atomic mass is 16.6. The number of nitrogens with zero attached hydrogens (tertiary/aromatic N) is 2. The molecule has 33 heavy (non-hydrogen) atoms. The summed E-state index contributed by atoms with van der Waals surface area (Å²) in [6.45, 7) is 5.25. The Labute approximate surface area is 195 Å². The van der Waals surface area contributed by atoms with E-state index in [1.54, 1.807) is 9.80 Å². The van der Waals surface area contributed by atoms with Crippen LogP contribution in [0.1, 0.15) is 52.4 Å². The Hall–Kier alpha value is -2.19. The van der Waals surface area contributed by atoms with Crippen LogP contribution in [0.25, 0.3) is 0 Å². The van der Waals surface area contributed by atoms with Crippen molar-refractivity contribution in [1.29, 1.82) is 0 Å². The Kier molecular flexibility index (Phi) is 7.24. The fraction of sp³-hybridized carbons (Fsp3) is 0.720. The number of rotatable bonds is 7. The lowest BCUT2D eigenvalue weighted by atomic mass is 9.78. The number of unbranched alkanes of at least 4 members (excludes halogenated alkanes) is 3. The van der Waals surface area contributed by atoms with Gasteiger partial charge >= 0.3 is 5.97 Å². The van der Waals surface area contributed by atoms with Crippen molar-refractivity contribution in [2.45, 2.75) is 76.2 Å². The van der Waals surface area contributed by atoms with E-state index < -0.39 is 35.6 Å². The van der Waals surface area contributed by atoms with Gasteiger partial charge in [0, 0.05) is 25.7 Å². The van der Waals surface area contributed by atoms with Crippen molar-refractivity contribution in [2.75, 3.05) is 26.3 Å². The van der Waals surface area contributed by atoms with Gasteiger partial charge < -0.3 is 24.4 Å². The summed E-state index contributed by atoms with van der Waals surface area (Å²) in [5.74, 6) is -2.31. The van der Waals surface area contributed by atoms with Crippen LogP contribution in [-0.4, -0.2) is 82.8 Å². The summed E-state index contributed by atoms with van der Waals surface area (Å²) in [5, 5.41) is 9.04. The van der Waals surface area contributed by atoms with Gasteiger partial charge in [0.15, 0.2) is 0 Å². The molecule has 5 atom stereocenters. The smallest absolute Gasteiger partial charge is 0.312 e. The van der Waals surface area contributed by atoms with Crippen molar-refractivity contribution in [1.82, 2.24) is 9.80 Å². The number of allylic oxidation sites excluding steroid dienone is 1. The van der Waals surface area contributed by atoms with E-state index in [1.807, 2.05) is 38.2 Å². The Bertz CT molecular complexity index is 824. The average Bonchev–Trinajstić information content (AvgIpc) is 3.18. The number of aliphatic hydroxyl groups is 1. The molecule has 0 aliphatic carbocycles. The van der Waals surface area contributed by atoms with E-state index in [2.05, 4.69) is 0 Å². The Morgan fingerprint density at radius 1 is 1.12 bits per heavy atom. The number of carbonyl (C=O) groups is 3. The molecule has 0 bridgehead atoms. The third-order valence-corrected chi connectivity index (χ3v) is 7.31. The zero-order valence-corrected chi connectivity index (χ0v) is 19.7. The molecule has 0 aromatic carbocycles. The molecule has 1 N–H and O–H groups in total. The van der Waals surface area contributed by atoms with Crippen LogP contribution in [0.2, 0.25) is 0 Å². The molecule has 2 amide bonds. The number of fused-ring (bicyclic) bond motifs is 2. The molecular weight excluding hydrogens is 424 g/mol. The van der Waals surface area contributed by atoms with Crippen LogP contribution in [0.5, 0.6) is 0 Å². The van der Waals surface area contributed by atoms with Gasteiger partial charge in [-0.15, -0.1) is 0 Å². The fourth-order valence-electron chi connectivity index (χ4n) is 5.72. The number of hydrogen-bond donors (Lipinski definition) is 1. The van der Waals surface area contributed by atoms with Crippen molar-refractivity contribution in [3.63, 3.8) is 0 Å². The van der Waals surface area contributed by atoms with Crippen molar-refractivity contribution in [3.05, 3.63) is 24.3 Å². The lowest BCUT2D eigenvalue weighted by Gasteiger charge is -2.36. The van der Waals surface area contributed by atoms with Gasteiger partial charge in [0.05, 0.1) is 18.6 Å². The predicted octanol–water partition coefficient (Wildman–Crippen LogP) is 1.82. The van der Waals surface area contributed by atoms with Gasteiger partial charge in [0.25, 0.3) is 0 Å². The predicted molar refractivity (Wildman–Crippen MR) is 121 cm³/mol. The summed E-state index contributed by atoms with van der Waals surface area (Å²) in [6.07, 6.45) is 11.7. The molecule has 0 aromatic rings. The van der Waals surface area contributed by atoms with Crippen molar-refractivity contribution in [2.24, 2.45) is 11.8 Å². The highest BCUT2D eigenvalue weighted by Crippen LogP contribution is 2.53. The summed E-state index contributed by atoms with van der Waals surface area (Å²) in [7, 11) is 0. The molecule has 8 nitrogen and oxygen atoms in total. The number of likely N-dealkylation sites (tertiary alicyclic amines) is 1. The Morgan fingerprint density at radius 2 is 1.91 bits per heavy atom. The van der Waals surface area contributed by atoms with Crippen LogP contribution in [0, 0.1) is 11.8 Å². The Morgan fingerprint density at radius 3 is 2.67 bits per heavy atom. The molecular formula is C25H36N2O6. The molecule has 0 radical (unpaired) electrons. The molecule has 1 spiro atoms. The minimum absolute atomic E-state index is 0.0266. The summed E-state index contributed by atoms with van der Waals surface area (Å²) in [4.78, 5) is 44.2. The monoisotopic (exact) mass is 460 g/mol. The van der Waals surface area contributed by atoms with Gasteiger partial charge in [0.2, 0.25) is 11.8 Å². The first-order chi connectivity index (χ1) is 15.9. The molecule has 1 unspecified atom stereocenters. The van der Waals surface area contributed by atoms with Gasteiger partial charge in [0.1, 0.15) is 17.6 Å². The maximum Gasteiger partial charge on any atom is 0.312 e. The first-order valence-electron chi connectivity index (χ1n) is 12.3. The first kappa shape index (κ1) is 24.0. The van der Waals surface area contributed by atoms with Gasteiger partial charge in [-0.3, -0.25) is 14.4 Å². The minimum atomic E-state index is -1.18. The van der Waals surface area contributed by atoms with Crippen LogP contribution in [-0.2, 0) is 23.9 Å². The summed E-state index contributed by atoms with van der Waals surface area (Å²) in [5.41, 5.74) is -1.18. The van der Waals surface area contributed by atoms with Crippen LogP contribution >= 0.6 is 0 Å². The summed E-state index contributed by atoms with van der Waals surface area (Å²) in [6, 6.07) is -0.827. The highest BCUT2D eigenvalue weighted by molar-refractivity contribution is 5.99. The zero-order chi connectivity index (χ0) is 23.6. The number of hydrogen-bond acceptors (Lipinski definition) is 6. The second kappa shape index (κ2) is 9.97. The van der Waals surface area contributed by atoms with Crippen LogP contribution in [0.15, 0.2) is 24.3 Å². The molecule has 4 aliphatic rings. The molecule has 4 heterocycles. The van der Waals surface area contributed by atoms with Crippen molar-refractivity contribution in [3.8, 4) is 0 Å². The van der Waals surface area contributed by atoms with Crippen molar-refractivity contribution < 1.29 is 29.0 Å². The van der Waals surface area contributed by atoms with E-state index in [0.717, 1.165) is 38.5 Å². The van der Waals surface area contributed by atoms with Crippen molar-refractivity contribution >= 4 is 17.8 Å². The van der Waals surface area contributed by atoms with Crippen LogP contribution in [0.3, 0.4) is 0 Å². The second-order valence-electron chi connectivity index (χ2n) is 9.74. The molecule has 8 heteroatoms. The second-order valence-corrected chi connectivity index (χ2v) is 9.74. The molecule has 2 fully saturated rings. The van der Waals surface area contributed by atoms with E-state index in [9.17, 15) is 14.4 Å². The van der Waals surface area contributed by atoms with E-state index >= 15 is 0 Å². The Balaban J connectivity index is 1.71. The van der Waals surface area contributed by atoms with E-state index in [-0.39, 0.29) is 24.5 Å². The fourth-order valence-corrected chi connectivity index (χ4v) is 5.72. The largest absolute Gasteiger partial charge is 0.465 e. The van der Waals surface area contributed by atoms with E-state index in [4.69, 9.17) is 14.6 Å². The number of amides is 2. The number of esters is 1. The standard InChI is InChI=1S/C25H36N2O6/c1-17(2)26-14-10-12-25-20(19-18(33-25)11-6-5-9-16-32-24(19)31)22(29)27(21(25)23(26)30)13-7-3-4-8-15-28/h6,10-12,17-21,28H,3-5,7-9,13-16H2,1-2H3/b11-6-/t18-,19+,20+,21?,25+/m1/s1. The minimum Gasteiger partial charge on any atom is -0.465 e. The molecule has 2 saturated heterocycles. The number of carbonyl (C=O) groups excluding carboxylic acids is 3. The summed E-state index contributed by atoms with van der Waals surface area (Å²) >= 11 is 0. The molecule has 4 rings (SSSR count). The van der Waals surface area contributed by atoms with Gasteiger partial charge in [-0.25, -0.2) is 0 Å². The van der Waals surface area contributed by atoms with Gasteiger partial charge in [-0.2, -0.15) is 0 Å². The maximum atomic E-state index is 13.9. The third-order valence-electron chi connectivity index (χ3n) is 7.31. The SMILES string of the molecule is CC(C)N1CC=C[C@]23O[C@@H]4/C=C\CCCOC(=O)[C@@H]4[C@H]2C(=O)N(CCCCCCO)C3C1=O. The quantitative estimate of drug-likeness (QED) is 0.354. The normalized spacial score (nSPS) is 34.8. The number of cyclic esters (lactones) is 1. The third kappa shape index (κ3) is 4.23. The first-order valence-corrected chi connectivity index (χ1v) is 12.3. The maximum absolute atomic E-state index is 13.9.